The normalized spacial score (nSPS) is 12.6. The van der Waals surface area contributed by atoms with Crippen LogP contribution in [0.25, 0.3) is 0 Å². The monoisotopic (exact) mass is 414 g/mol. The number of quaternary nitrogens is 1. The summed E-state index contributed by atoms with van der Waals surface area (Å²) in [5, 5.41) is 8.19. The fourth-order valence-corrected chi connectivity index (χ4v) is 3.34. The molecule has 4 N–H and O–H groups in total. The van der Waals surface area contributed by atoms with E-state index in [0.717, 1.165) is 10.5 Å². The Morgan fingerprint density at radius 3 is 2.48 bits per heavy atom. The lowest BCUT2D eigenvalue weighted by molar-refractivity contribution is -0.885. The molecule has 27 heavy (non-hydrogen) atoms. The SMILES string of the molecule is C[NH+](CC(=O)NCCc1ccc(S(N)(=O)=O)cc1)Cc1c(F)cccc1Cl. The van der Waals surface area contributed by atoms with Gasteiger partial charge in [-0.25, -0.2) is 17.9 Å². The minimum absolute atomic E-state index is 0.0484. The smallest absolute Gasteiger partial charge is 0.275 e. The topological polar surface area (TPSA) is 93.7 Å². The molecule has 9 heteroatoms. The average molecular weight is 415 g/mol. The third-order valence-corrected chi connectivity index (χ3v) is 5.27. The predicted octanol–water partition coefficient (Wildman–Crippen LogP) is 0.500. The molecule has 0 saturated carbocycles. The third kappa shape index (κ3) is 6.59. The van der Waals surface area contributed by atoms with Crippen molar-refractivity contribution in [3.63, 3.8) is 0 Å². The van der Waals surface area contributed by atoms with E-state index in [9.17, 15) is 17.6 Å². The van der Waals surface area contributed by atoms with Gasteiger partial charge in [0.15, 0.2) is 6.54 Å². The Hall–Kier alpha value is -2.00. The van der Waals surface area contributed by atoms with Crippen molar-refractivity contribution in [1.29, 1.82) is 0 Å². The zero-order valence-electron chi connectivity index (χ0n) is 14.8. The van der Waals surface area contributed by atoms with Crippen molar-refractivity contribution in [2.24, 2.45) is 5.14 Å². The first kappa shape index (κ1) is 21.3. The molecule has 0 spiro atoms. The number of sulfonamides is 1. The minimum atomic E-state index is -3.71. The number of nitrogens with two attached hydrogens (primary N) is 1. The van der Waals surface area contributed by atoms with Crippen molar-refractivity contribution in [1.82, 2.24) is 5.32 Å². The largest absolute Gasteiger partial charge is 0.351 e. The standard InChI is InChI=1S/C18H21ClFN3O3S/c1-23(11-15-16(19)3-2-4-17(15)20)12-18(24)22-10-9-13-5-7-14(8-6-13)27(21,25)26/h2-8H,9-12H2,1H3,(H,22,24)(H2,21,25,26)/p+1. The van der Waals surface area contributed by atoms with Gasteiger partial charge < -0.3 is 10.2 Å². The van der Waals surface area contributed by atoms with E-state index in [1.807, 2.05) is 0 Å². The molecule has 2 rings (SSSR count). The number of carbonyl (C=O) groups excluding carboxylic acids is 1. The van der Waals surface area contributed by atoms with Gasteiger partial charge in [0.05, 0.1) is 22.5 Å². The van der Waals surface area contributed by atoms with E-state index in [-0.39, 0.29) is 23.2 Å². The van der Waals surface area contributed by atoms with Crippen LogP contribution in [-0.4, -0.2) is 34.5 Å². The number of hydrogen-bond donors (Lipinski definition) is 3. The number of likely N-dealkylation sites (N-methyl/N-ethyl adjacent to an activating group) is 1. The van der Waals surface area contributed by atoms with Gasteiger partial charge in [0.2, 0.25) is 10.0 Å². The fraction of sp³-hybridized carbons (Fsp3) is 0.278. The summed E-state index contributed by atoms with van der Waals surface area (Å²) in [7, 11) is -1.92. The Morgan fingerprint density at radius 1 is 1.22 bits per heavy atom. The molecule has 1 atom stereocenters. The molecule has 1 unspecified atom stereocenters. The van der Waals surface area contributed by atoms with Gasteiger partial charge in [-0.1, -0.05) is 29.8 Å². The van der Waals surface area contributed by atoms with Crippen molar-refractivity contribution in [3.05, 3.63) is 64.4 Å². The van der Waals surface area contributed by atoms with Crippen molar-refractivity contribution < 1.29 is 22.5 Å². The van der Waals surface area contributed by atoms with Crippen molar-refractivity contribution >= 4 is 27.5 Å². The highest BCUT2D eigenvalue weighted by Crippen LogP contribution is 2.17. The first-order valence-electron chi connectivity index (χ1n) is 8.29. The Balaban J connectivity index is 1.79. The molecule has 0 heterocycles. The van der Waals surface area contributed by atoms with Crippen molar-refractivity contribution in [2.75, 3.05) is 20.1 Å². The molecular weight excluding hydrogens is 393 g/mol. The molecular formula is C18H22ClFN3O3S+. The highest BCUT2D eigenvalue weighted by Gasteiger charge is 2.15. The number of benzene rings is 2. The summed E-state index contributed by atoms with van der Waals surface area (Å²) in [6.07, 6.45) is 0.550. The highest BCUT2D eigenvalue weighted by atomic mass is 35.5. The number of halogens is 2. The summed E-state index contributed by atoms with van der Waals surface area (Å²) in [6, 6.07) is 10.7. The van der Waals surface area contributed by atoms with Crippen LogP contribution in [0, 0.1) is 5.82 Å². The average Bonchev–Trinajstić information content (AvgIpc) is 2.58. The summed E-state index contributed by atoms with van der Waals surface area (Å²) in [5.74, 6) is -0.550. The second-order valence-electron chi connectivity index (χ2n) is 6.30. The van der Waals surface area contributed by atoms with Crippen LogP contribution >= 0.6 is 11.6 Å². The predicted molar refractivity (Wildman–Crippen MR) is 101 cm³/mol. The molecule has 0 aliphatic carbocycles. The number of primary sulfonamides is 1. The Bertz CT molecular complexity index is 884. The lowest BCUT2D eigenvalue weighted by Crippen LogP contribution is -3.09. The molecule has 146 valence electrons. The van der Waals surface area contributed by atoms with E-state index in [2.05, 4.69) is 5.32 Å². The van der Waals surface area contributed by atoms with E-state index in [1.54, 1.807) is 31.3 Å². The molecule has 0 radical (unpaired) electrons. The first-order chi connectivity index (χ1) is 12.7. The van der Waals surface area contributed by atoms with Crippen LogP contribution in [0.5, 0.6) is 0 Å². The number of carbonyl (C=O) groups is 1. The Kier molecular flexibility index (Phi) is 7.32. The molecule has 0 fully saturated rings. The lowest BCUT2D eigenvalue weighted by atomic mass is 10.1. The molecule has 0 bridgehead atoms. The van der Waals surface area contributed by atoms with Gasteiger partial charge >= 0.3 is 0 Å². The maximum absolute atomic E-state index is 13.8. The van der Waals surface area contributed by atoms with Crippen LogP contribution < -0.4 is 15.4 Å². The number of nitrogens with one attached hydrogen (secondary N) is 2. The Labute approximate surface area is 163 Å². The summed E-state index contributed by atoms with van der Waals surface area (Å²) in [4.78, 5) is 12.9. The Morgan fingerprint density at radius 2 is 1.89 bits per heavy atom. The van der Waals surface area contributed by atoms with E-state index < -0.39 is 10.0 Å². The molecule has 2 aromatic carbocycles. The van der Waals surface area contributed by atoms with E-state index in [0.29, 0.717) is 30.1 Å². The summed E-state index contributed by atoms with van der Waals surface area (Å²) in [5.41, 5.74) is 1.26. The molecule has 0 aromatic heterocycles. The fourth-order valence-electron chi connectivity index (χ4n) is 2.59. The van der Waals surface area contributed by atoms with Crippen LogP contribution in [0.3, 0.4) is 0 Å². The van der Waals surface area contributed by atoms with Crippen LogP contribution in [-0.2, 0) is 27.8 Å². The van der Waals surface area contributed by atoms with Gasteiger partial charge in [-0.05, 0) is 36.2 Å². The number of rotatable bonds is 8. The van der Waals surface area contributed by atoms with Gasteiger partial charge in [-0.2, -0.15) is 0 Å². The highest BCUT2D eigenvalue weighted by molar-refractivity contribution is 7.89. The van der Waals surface area contributed by atoms with Gasteiger partial charge in [-0.15, -0.1) is 0 Å². The van der Waals surface area contributed by atoms with E-state index >= 15 is 0 Å². The second-order valence-corrected chi connectivity index (χ2v) is 8.27. The zero-order valence-corrected chi connectivity index (χ0v) is 16.4. The minimum Gasteiger partial charge on any atom is -0.351 e. The van der Waals surface area contributed by atoms with Crippen LogP contribution in [0.1, 0.15) is 11.1 Å². The molecule has 2 aromatic rings. The van der Waals surface area contributed by atoms with Crippen molar-refractivity contribution in [3.8, 4) is 0 Å². The summed E-state index contributed by atoms with van der Waals surface area (Å²) < 4.78 is 36.2. The maximum atomic E-state index is 13.8. The van der Waals surface area contributed by atoms with Gasteiger partial charge in [0.1, 0.15) is 12.4 Å². The number of amides is 1. The lowest BCUT2D eigenvalue weighted by Gasteiger charge is -2.15. The molecule has 6 nitrogen and oxygen atoms in total. The summed E-state index contributed by atoms with van der Waals surface area (Å²) >= 11 is 6.00. The molecule has 1 amide bonds. The summed E-state index contributed by atoms with van der Waals surface area (Å²) in [6.45, 7) is 0.879. The molecule has 0 saturated heterocycles. The van der Waals surface area contributed by atoms with Crippen LogP contribution in [0.2, 0.25) is 5.02 Å². The zero-order chi connectivity index (χ0) is 20.0. The van der Waals surface area contributed by atoms with Crippen LogP contribution in [0.4, 0.5) is 4.39 Å². The van der Waals surface area contributed by atoms with Gasteiger partial charge in [0.25, 0.3) is 5.91 Å². The first-order valence-corrected chi connectivity index (χ1v) is 10.2. The quantitative estimate of drug-likeness (QED) is 0.587. The molecule has 0 aliphatic heterocycles. The van der Waals surface area contributed by atoms with Gasteiger partial charge in [0, 0.05) is 6.54 Å². The molecule has 0 aliphatic rings. The van der Waals surface area contributed by atoms with Crippen molar-refractivity contribution in [2.45, 2.75) is 17.9 Å². The van der Waals surface area contributed by atoms with Gasteiger partial charge in [-0.3, -0.25) is 4.79 Å². The number of hydrogen-bond acceptors (Lipinski definition) is 3. The maximum Gasteiger partial charge on any atom is 0.275 e. The second kappa shape index (κ2) is 9.27. The van der Waals surface area contributed by atoms with Crippen LogP contribution in [0.15, 0.2) is 47.4 Å². The third-order valence-electron chi connectivity index (χ3n) is 3.99. The van der Waals surface area contributed by atoms with E-state index in [4.69, 9.17) is 16.7 Å². The van der Waals surface area contributed by atoms with E-state index in [1.165, 1.54) is 18.2 Å².